The van der Waals surface area contributed by atoms with Crippen molar-refractivity contribution < 1.29 is 4.79 Å². The lowest BCUT2D eigenvalue weighted by molar-refractivity contribution is -0.108. The van der Waals surface area contributed by atoms with Gasteiger partial charge in [0.2, 0.25) is 0 Å². The highest BCUT2D eigenvalue weighted by Crippen LogP contribution is 2.23. The van der Waals surface area contributed by atoms with Gasteiger partial charge in [0.1, 0.15) is 6.29 Å². The molecule has 0 aliphatic carbocycles. The average molecular weight is 144 g/mol. The summed E-state index contributed by atoms with van der Waals surface area (Å²) in [6, 6.07) is 0. The molecule has 0 N–H and O–H groups in total. The molecule has 1 nitrogen and oxygen atoms in total. The van der Waals surface area contributed by atoms with Gasteiger partial charge in [0.25, 0.3) is 0 Å². The minimum atomic E-state index is 0.712. The first-order valence-corrected chi connectivity index (χ1v) is 4.60. The third-order valence-electron chi connectivity index (χ3n) is 1.77. The molecule has 2 heteroatoms. The molecular weight excluding hydrogens is 132 g/mol. The highest BCUT2D eigenvalue weighted by molar-refractivity contribution is 7.99. The van der Waals surface area contributed by atoms with Crippen LogP contribution in [-0.2, 0) is 4.79 Å². The second-order valence-corrected chi connectivity index (χ2v) is 3.68. The fourth-order valence-corrected chi connectivity index (χ4v) is 2.32. The number of aldehydes is 1. The lowest BCUT2D eigenvalue weighted by atomic mass is 10.0. The Balaban J connectivity index is 2.15. The Morgan fingerprint density at radius 2 is 2.11 bits per heavy atom. The molecule has 1 heterocycles. The van der Waals surface area contributed by atoms with Crippen molar-refractivity contribution in [3.05, 3.63) is 0 Å². The monoisotopic (exact) mass is 144 g/mol. The number of rotatable bonds is 2. The lowest BCUT2D eigenvalue weighted by Crippen LogP contribution is -2.09. The van der Waals surface area contributed by atoms with Gasteiger partial charge in [-0.25, -0.2) is 0 Å². The molecule has 0 aromatic carbocycles. The molecule has 0 radical (unpaired) electrons. The van der Waals surface area contributed by atoms with Crippen LogP contribution >= 0.6 is 11.8 Å². The van der Waals surface area contributed by atoms with Gasteiger partial charge in [-0.3, -0.25) is 0 Å². The van der Waals surface area contributed by atoms with Gasteiger partial charge in [-0.05, 0) is 30.3 Å². The van der Waals surface area contributed by atoms with E-state index in [1.54, 1.807) is 0 Å². The maximum Gasteiger partial charge on any atom is 0.120 e. The minimum Gasteiger partial charge on any atom is -0.303 e. The molecule has 1 rings (SSSR count). The Labute approximate surface area is 60.2 Å². The Bertz CT molecular complexity index is 86.9. The zero-order valence-corrected chi connectivity index (χ0v) is 6.32. The molecule has 1 fully saturated rings. The third kappa shape index (κ3) is 2.39. The maximum absolute atomic E-state index is 10.1. The summed E-state index contributed by atoms with van der Waals surface area (Å²) in [5.41, 5.74) is 0. The van der Waals surface area contributed by atoms with Gasteiger partial charge in [0.05, 0.1) is 0 Å². The molecule has 0 spiro atoms. The van der Waals surface area contributed by atoms with Crippen molar-refractivity contribution in [2.45, 2.75) is 19.3 Å². The molecule has 0 unspecified atom stereocenters. The van der Waals surface area contributed by atoms with Crippen LogP contribution in [-0.4, -0.2) is 17.8 Å². The van der Waals surface area contributed by atoms with Crippen LogP contribution < -0.4 is 0 Å². The van der Waals surface area contributed by atoms with Gasteiger partial charge in [0, 0.05) is 6.42 Å². The van der Waals surface area contributed by atoms with Crippen molar-refractivity contribution in [3.63, 3.8) is 0 Å². The zero-order chi connectivity index (χ0) is 6.53. The Kier molecular flexibility index (Phi) is 3.12. The summed E-state index contributed by atoms with van der Waals surface area (Å²) in [4.78, 5) is 10.1. The molecule has 1 aliphatic rings. The summed E-state index contributed by atoms with van der Waals surface area (Å²) in [6.07, 6.45) is 4.36. The summed E-state index contributed by atoms with van der Waals surface area (Å²) in [7, 11) is 0. The first kappa shape index (κ1) is 7.13. The van der Waals surface area contributed by atoms with E-state index in [-0.39, 0.29) is 0 Å². The van der Waals surface area contributed by atoms with Gasteiger partial charge in [0.15, 0.2) is 0 Å². The molecule has 0 bridgehead atoms. The van der Waals surface area contributed by atoms with E-state index in [0.29, 0.717) is 5.92 Å². The normalized spacial score (nSPS) is 21.8. The fourth-order valence-electron chi connectivity index (χ4n) is 1.12. The Morgan fingerprint density at radius 3 is 2.67 bits per heavy atom. The van der Waals surface area contributed by atoms with Crippen LogP contribution in [0.1, 0.15) is 19.3 Å². The molecule has 0 aromatic heterocycles. The van der Waals surface area contributed by atoms with Crippen molar-refractivity contribution in [1.29, 1.82) is 0 Å². The molecule has 0 saturated carbocycles. The van der Waals surface area contributed by atoms with Crippen molar-refractivity contribution >= 4 is 18.0 Å². The van der Waals surface area contributed by atoms with Crippen molar-refractivity contribution in [3.8, 4) is 0 Å². The summed E-state index contributed by atoms with van der Waals surface area (Å²) >= 11 is 2.01. The van der Waals surface area contributed by atoms with Crippen LogP contribution in [0.3, 0.4) is 0 Å². The van der Waals surface area contributed by atoms with Crippen LogP contribution in [0.4, 0.5) is 0 Å². The second kappa shape index (κ2) is 3.94. The Hall–Kier alpha value is 0.0200. The van der Waals surface area contributed by atoms with Crippen LogP contribution in [0.2, 0.25) is 0 Å². The van der Waals surface area contributed by atoms with E-state index >= 15 is 0 Å². The van der Waals surface area contributed by atoms with Crippen LogP contribution in [0.25, 0.3) is 0 Å². The fraction of sp³-hybridized carbons (Fsp3) is 0.857. The Morgan fingerprint density at radius 1 is 1.44 bits per heavy atom. The van der Waals surface area contributed by atoms with E-state index < -0.39 is 0 Å². The molecule has 52 valence electrons. The standard InChI is InChI=1S/C7H12OS/c8-4-1-7-2-5-9-6-3-7/h4,7H,1-3,5-6H2. The van der Waals surface area contributed by atoms with Crippen molar-refractivity contribution in [1.82, 2.24) is 0 Å². The summed E-state index contributed by atoms with van der Waals surface area (Å²) in [6.45, 7) is 0. The highest BCUT2D eigenvalue weighted by atomic mass is 32.2. The smallest absolute Gasteiger partial charge is 0.120 e. The van der Waals surface area contributed by atoms with Crippen molar-refractivity contribution in [2.24, 2.45) is 5.92 Å². The lowest BCUT2D eigenvalue weighted by Gasteiger charge is -2.18. The van der Waals surface area contributed by atoms with Crippen LogP contribution in [0.15, 0.2) is 0 Å². The molecule has 9 heavy (non-hydrogen) atoms. The number of thioether (sulfide) groups is 1. The van der Waals surface area contributed by atoms with E-state index in [0.717, 1.165) is 12.7 Å². The topological polar surface area (TPSA) is 17.1 Å². The van der Waals surface area contributed by atoms with Gasteiger partial charge >= 0.3 is 0 Å². The molecule has 0 amide bonds. The van der Waals surface area contributed by atoms with E-state index in [9.17, 15) is 4.79 Å². The predicted octanol–water partition coefficient (Wildman–Crippen LogP) is 1.72. The minimum absolute atomic E-state index is 0.712. The van der Waals surface area contributed by atoms with Gasteiger partial charge in [-0.15, -0.1) is 0 Å². The van der Waals surface area contributed by atoms with E-state index in [1.807, 2.05) is 11.8 Å². The quantitative estimate of drug-likeness (QED) is 0.549. The van der Waals surface area contributed by atoms with Crippen molar-refractivity contribution in [2.75, 3.05) is 11.5 Å². The van der Waals surface area contributed by atoms with Gasteiger partial charge < -0.3 is 4.79 Å². The number of hydrogen-bond acceptors (Lipinski definition) is 2. The first-order valence-electron chi connectivity index (χ1n) is 3.45. The second-order valence-electron chi connectivity index (χ2n) is 2.46. The molecule has 1 aliphatic heterocycles. The number of carbonyl (C=O) groups excluding carboxylic acids is 1. The number of hydrogen-bond donors (Lipinski definition) is 0. The van der Waals surface area contributed by atoms with Gasteiger partial charge in [-0.2, -0.15) is 11.8 Å². The maximum atomic E-state index is 10.1. The van der Waals surface area contributed by atoms with Crippen LogP contribution in [0, 0.1) is 5.92 Å². The SMILES string of the molecule is O=CCC1CCSCC1. The summed E-state index contributed by atoms with van der Waals surface area (Å²) in [5, 5.41) is 0. The van der Waals surface area contributed by atoms with Gasteiger partial charge in [-0.1, -0.05) is 0 Å². The number of carbonyl (C=O) groups is 1. The summed E-state index contributed by atoms with van der Waals surface area (Å²) < 4.78 is 0. The molecule has 0 aromatic rings. The highest BCUT2D eigenvalue weighted by Gasteiger charge is 2.11. The average Bonchev–Trinajstić information content (AvgIpc) is 1.91. The largest absolute Gasteiger partial charge is 0.303 e. The molecule has 1 saturated heterocycles. The predicted molar refractivity (Wildman–Crippen MR) is 40.7 cm³/mol. The third-order valence-corrected chi connectivity index (χ3v) is 2.82. The zero-order valence-electron chi connectivity index (χ0n) is 5.51. The van der Waals surface area contributed by atoms with E-state index in [4.69, 9.17) is 0 Å². The first-order chi connectivity index (χ1) is 4.43. The van der Waals surface area contributed by atoms with E-state index in [2.05, 4.69) is 0 Å². The molecule has 0 atom stereocenters. The summed E-state index contributed by atoms with van der Waals surface area (Å²) in [5.74, 6) is 3.24. The van der Waals surface area contributed by atoms with E-state index in [1.165, 1.54) is 24.3 Å². The molecular formula is C7H12OS. The van der Waals surface area contributed by atoms with Crippen LogP contribution in [0.5, 0.6) is 0 Å².